The van der Waals surface area contributed by atoms with Crippen molar-refractivity contribution in [3.63, 3.8) is 0 Å². The van der Waals surface area contributed by atoms with Crippen molar-refractivity contribution < 1.29 is 27.3 Å². The van der Waals surface area contributed by atoms with Crippen LogP contribution in [0.25, 0.3) is 16.7 Å². The van der Waals surface area contributed by atoms with Crippen molar-refractivity contribution in [3.8, 4) is 11.1 Å². The number of halogens is 2. The molecule has 0 saturated heterocycles. The average Bonchev–Trinajstić information content (AvgIpc) is 2.87. The van der Waals surface area contributed by atoms with Crippen molar-refractivity contribution in [1.82, 2.24) is 0 Å². The molecule has 1 amide bonds. The maximum Gasteiger partial charge on any atom is 0.284 e. The molecule has 1 unspecified atom stereocenters. The predicted molar refractivity (Wildman–Crippen MR) is 125 cm³/mol. The van der Waals surface area contributed by atoms with Crippen molar-refractivity contribution in [2.75, 3.05) is 5.32 Å². The van der Waals surface area contributed by atoms with E-state index in [-0.39, 0.29) is 22.0 Å². The number of rotatable bonds is 7. The average molecular weight is 487 g/mol. The summed E-state index contributed by atoms with van der Waals surface area (Å²) in [4.78, 5) is 12.7. The molecule has 6 N–H and O–H groups in total. The Labute approximate surface area is 196 Å². The molecule has 3 aromatic carbocycles. The molecule has 11 heteroatoms. The molecule has 0 radical (unpaired) electrons. The first-order valence-electron chi connectivity index (χ1n) is 9.70. The van der Waals surface area contributed by atoms with Crippen LogP contribution in [0.1, 0.15) is 18.1 Å². The summed E-state index contributed by atoms with van der Waals surface area (Å²) in [6.07, 6.45) is 0. The Hall–Kier alpha value is -3.93. The van der Waals surface area contributed by atoms with Crippen LogP contribution in [0.3, 0.4) is 0 Å². The highest BCUT2D eigenvalue weighted by Crippen LogP contribution is 2.30. The molecule has 0 bridgehead atoms. The highest BCUT2D eigenvalue weighted by molar-refractivity contribution is 7.80. The first-order valence-corrected chi connectivity index (χ1v) is 10.8. The first kappa shape index (κ1) is 24.7. The maximum atomic E-state index is 14.8. The number of carbonyl (C=O) groups excluding carboxylic acids is 1. The maximum absolute atomic E-state index is 14.8. The van der Waals surface area contributed by atoms with Gasteiger partial charge in [0.1, 0.15) is 5.82 Å². The lowest BCUT2D eigenvalue weighted by molar-refractivity contribution is -0.114. The molecule has 8 nitrogen and oxygen atoms in total. The standard InChI is InChI=1S/C23H20F2N4O4S/c1-13(14-5-4-6-16(11-14)22(26)29-31)21(25)23(30)28-19-10-9-15(12-18(19)24)17-7-2-3-8-20(17)34(32)33-27/h2-12,31H,27H2,1H3,(H2,26,29)(H,28,30). The molecule has 3 aromatic rings. The summed E-state index contributed by atoms with van der Waals surface area (Å²) in [7, 11) is 0. The number of nitrogens with one attached hydrogen (secondary N) is 1. The lowest BCUT2D eigenvalue weighted by atomic mass is 10.0. The molecule has 0 fully saturated rings. The van der Waals surface area contributed by atoms with Crippen molar-refractivity contribution in [3.05, 3.63) is 89.5 Å². The van der Waals surface area contributed by atoms with Crippen molar-refractivity contribution in [1.29, 1.82) is 0 Å². The minimum atomic E-state index is -1.96. The molecule has 0 heterocycles. The number of benzene rings is 3. The molecule has 0 spiro atoms. The quantitative estimate of drug-likeness (QED) is 0.132. The second-order valence-corrected chi connectivity index (χ2v) is 8.08. The number of hydrogen-bond donors (Lipinski definition) is 4. The van der Waals surface area contributed by atoms with Crippen LogP contribution in [-0.4, -0.2) is 21.2 Å². The summed E-state index contributed by atoms with van der Waals surface area (Å²) in [6.45, 7) is 1.37. The Balaban J connectivity index is 1.87. The van der Waals surface area contributed by atoms with Crippen molar-refractivity contribution in [2.45, 2.75) is 11.8 Å². The van der Waals surface area contributed by atoms with Gasteiger partial charge in [0.2, 0.25) is 11.1 Å². The summed E-state index contributed by atoms with van der Waals surface area (Å²) in [5.74, 6) is 1.70. The molecule has 0 aliphatic rings. The number of amidine groups is 1. The third kappa shape index (κ3) is 5.34. The predicted octanol–water partition coefficient (Wildman–Crippen LogP) is 3.84. The number of amides is 1. The zero-order valence-corrected chi connectivity index (χ0v) is 18.6. The van der Waals surface area contributed by atoms with Gasteiger partial charge in [0, 0.05) is 11.1 Å². The van der Waals surface area contributed by atoms with E-state index >= 15 is 0 Å². The van der Waals surface area contributed by atoms with Gasteiger partial charge >= 0.3 is 0 Å². The van der Waals surface area contributed by atoms with E-state index in [0.29, 0.717) is 22.3 Å². The number of oxime groups is 1. The van der Waals surface area contributed by atoms with Crippen LogP contribution in [0.2, 0.25) is 0 Å². The molecule has 3 rings (SSSR count). The topological polar surface area (TPSA) is 140 Å². The van der Waals surface area contributed by atoms with Gasteiger partial charge in [-0.2, -0.15) is 10.2 Å². The molecular weight excluding hydrogens is 466 g/mol. The fourth-order valence-electron chi connectivity index (χ4n) is 3.13. The van der Waals surface area contributed by atoms with Gasteiger partial charge in [-0.05, 0) is 47.9 Å². The zero-order valence-electron chi connectivity index (χ0n) is 17.8. The van der Waals surface area contributed by atoms with Crippen LogP contribution in [0.5, 0.6) is 0 Å². The molecule has 0 aliphatic carbocycles. The second-order valence-electron chi connectivity index (χ2n) is 6.98. The molecular formula is C23H20F2N4O4S. The third-order valence-electron chi connectivity index (χ3n) is 4.91. The number of hydrogen-bond acceptors (Lipinski definition) is 6. The molecule has 0 saturated carbocycles. The van der Waals surface area contributed by atoms with E-state index in [1.54, 1.807) is 30.3 Å². The van der Waals surface area contributed by atoms with Crippen LogP contribution in [-0.2, 0) is 20.2 Å². The molecule has 0 aliphatic heterocycles. The number of carbonyl (C=O) groups is 1. The summed E-state index contributed by atoms with van der Waals surface area (Å²) in [5, 5.41) is 13.9. The van der Waals surface area contributed by atoms with Gasteiger partial charge in [-0.15, -0.1) is 0 Å². The van der Waals surface area contributed by atoms with E-state index in [0.717, 1.165) is 6.07 Å². The van der Waals surface area contributed by atoms with E-state index in [4.69, 9.17) is 16.8 Å². The largest absolute Gasteiger partial charge is 0.409 e. The molecule has 176 valence electrons. The summed E-state index contributed by atoms with van der Waals surface area (Å²) >= 11 is -1.96. The lowest BCUT2D eigenvalue weighted by Crippen LogP contribution is -2.15. The number of anilines is 1. The van der Waals surface area contributed by atoms with E-state index < -0.39 is 28.6 Å². The summed E-state index contributed by atoms with van der Waals surface area (Å²) in [6, 6.07) is 16.3. The van der Waals surface area contributed by atoms with Gasteiger partial charge in [0.15, 0.2) is 11.7 Å². The Kier molecular flexibility index (Phi) is 7.84. The van der Waals surface area contributed by atoms with Crippen LogP contribution < -0.4 is 16.9 Å². The lowest BCUT2D eigenvalue weighted by Gasteiger charge is -2.11. The van der Waals surface area contributed by atoms with Gasteiger partial charge in [-0.1, -0.05) is 47.6 Å². The van der Waals surface area contributed by atoms with Crippen LogP contribution in [0.4, 0.5) is 14.5 Å². The summed E-state index contributed by atoms with van der Waals surface area (Å²) < 4.78 is 45.9. The number of allylic oxidation sites excluding steroid dienone is 1. The SMILES string of the molecule is CC(=C(F)C(=O)Nc1ccc(-c2ccccc2S(=O)ON)cc1F)c1cccc(C(N)=NO)c1. The monoisotopic (exact) mass is 486 g/mol. The van der Waals surface area contributed by atoms with Crippen LogP contribution in [0.15, 0.2) is 82.6 Å². The number of nitrogens with two attached hydrogens (primary N) is 2. The van der Waals surface area contributed by atoms with E-state index in [1.165, 1.54) is 37.3 Å². The highest BCUT2D eigenvalue weighted by atomic mass is 32.2. The minimum absolute atomic E-state index is 0.0275. The van der Waals surface area contributed by atoms with Crippen molar-refractivity contribution >= 4 is 34.1 Å². The van der Waals surface area contributed by atoms with Gasteiger partial charge in [-0.3, -0.25) is 4.79 Å². The minimum Gasteiger partial charge on any atom is -0.409 e. The van der Waals surface area contributed by atoms with Crippen molar-refractivity contribution in [2.24, 2.45) is 16.8 Å². The highest BCUT2D eigenvalue weighted by Gasteiger charge is 2.18. The normalized spacial score (nSPS) is 13.2. The van der Waals surface area contributed by atoms with E-state index in [2.05, 4.69) is 14.8 Å². The second kappa shape index (κ2) is 10.8. The third-order valence-corrected chi connectivity index (χ3v) is 5.80. The number of nitrogens with zero attached hydrogens (tertiary/aromatic N) is 1. The van der Waals surface area contributed by atoms with E-state index in [1.807, 2.05) is 0 Å². The molecule has 0 aromatic heterocycles. The van der Waals surface area contributed by atoms with Crippen LogP contribution in [0, 0.1) is 5.82 Å². The van der Waals surface area contributed by atoms with E-state index in [9.17, 15) is 17.8 Å². The summed E-state index contributed by atoms with van der Waals surface area (Å²) in [5.41, 5.74) is 6.67. The Morgan fingerprint density at radius 1 is 1.09 bits per heavy atom. The first-order chi connectivity index (χ1) is 16.3. The Bertz CT molecular complexity index is 1330. The van der Waals surface area contributed by atoms with Gasteiger partial charge in [0.05, 0.1) is 10.6 Å². The Morgan fingerprint density at radius 2 is 1.79 bits per heavy atom. The molecule has 34 heavy (non-hydrogen) atoms. The van der Waals surface area contributed by atoms with Gasteiger partial charge in [-0.25, -0.2) is 13.0 Å². The fraction of sp³-hybridized carbons (Fsp3) is 0.0435. The van der Waals surface area contributed by atoms with Gasteiger partial charge in [0.25, 0.3) is 5.91 Å². The van der Waals surface area contributed by atoms with Crippen LogP contribution >= 0.6 is 0 Å². The smallest absolute Gasteiger partial charge is 0.284 e. The van der Waals surface area contributed by atoms with Gasteiger partial charge < -0.3 is 16.3 Å². The zero-order chi connectivity index (χ0) is 24.8. The molecule has 1 atom stereocenters. The fourth-order valence-corrected chi connectivity index (χ4v) is 3.79. The Morgan fingerprint density at radius 3 is 2.47 bits per heavy atom.